The van der Waals surface area contributed by atoms with Crippen LogP contribution in [0.1, 0.15) is 13.3 Å². The van der Waals surface area contributed by atoms with Gasteiger partial charge < -0.3 is 0 Å². The van der Waals surface area contributed by atoms with Gasteiger partial charge in [0.05, 0.1) is 0 Å². The molecule has 6 heteroatoms. The molecule has 3 nitrogen and oxygen atoms in total. The van der Waals surface area contributed by atoms with Crippen LogP contribution >= 0.6 is 0 Å². The third-order valence-corrected chi connectivity index (χ3v) is 1.80. The average molecular weight is 159 g/mol. The van der Waals surface area contributed by atoms with Crippen LogP contribution in [0.15, 0.2) is 0 Å². The Morgan fingerprint density at radius 2 is 1.78 bits per heavy atom. The number of hydrogen-bond acceptors (Lipinski definition) is 2. The molecule has 0 N–H and O–H groups in total. The summed E-state index contributed by atoms with van der Waals surface area (Å²) < 4.78 is 52.3. The van der Waals surface area contributed by atoms with Gasteiger partial charge in [0.15, 0.2) is 0 Å². The maximum atomic E-state index is 11.8. The van der Waals surface area contributed by atoms with Gasteiger partial charge in [-0.05, 0) is 0 Å². The molecule has 0 bridgehead atoms. The maximum Gasteiger partial charge on any atom is 0.372 e. The smallest absolute Gasteiger partial charge is 0.190 e. The predicted molar refractivity (Wildman–Crippen MR) is 24.8 cm³/mol. The first-order valence-corrected chi connectivity index (χ1v) is 3.55. The van der Waals surface area contributed by atoms with Crippen molar-refractivity contribution >= 4 is 10.1 Å². The summed E-state index contributed by atoms with van der Waals surface area (Å²) in [7, 11) is -5.44. The summed E-state index contributed by atoms with van der Waals surface area (Å²) in [6.07, 6.45) is -0.973. The van der Waals surface area contributed by atoms with E-state index in [2.05, 4.69) is 0 Å². The molecular formula is C3H5F2O3S. The Morgan fingerprint density at radius 1 is 1.44 bits per heavy atom. The molecule has 0 rings (SSSR count). The van der Waals surface area contributed by atoms with Gasteiger partial charge in [0, 0.05) is 6.42 Å². The molecule has 0 unspecified atom stereocenters. The summed E-state index contributed by atoms with van der Waals surface area (Å²) in [6.45, 7) is 0.926. The normalized spacial score (nSPS) is 13.8. The highest BCUT2D eigenvalue weighted by atomic mass is 32.2. The van der Waals surface area contributed by atoms with Crippen molar-refractivity contribution in [2.45, 2.75) is 18.6 Å². The number of hydrogen-bond donors (Lipinski definition) is 0. The highest BCUT2D eigenvalue weighted by Gasteiger charge is 2.43. The van der Waals surface area contributed by atoms with Crippen LogP contribution in [-0.4, -0.2) is 13.7 Å². The lowest BCUT2D eigenvalue weighted by molar-refractivity contribution is 0.0722. The predicted octanol–water partition coefficient (Wildman–Crippen LogP) is 0.750. The van der Waals surface area contributed by atoms with Crippen molar-refractivity contribution in [1.82, 2.24) is 0 Å². The molecule has 0 aliphatic heterocycles. The first-order valence-electron chi connectivity index (χ1n) is 2.14. The molecule has 0 aromatic heterocycles. The van der Waals surface area contributed by atoms with Crippen molar-refractivity contribution < 1.29 is 21.8 Å². The highest BCUT2D eigenvalue weighted by Crippen LogP contribution is 2.23. The fraction of sp³-hybridized carbons (Fsp3) is 1.00. The molecule has 0 aromatic carbocycles. The first kappa shape index (κ1) is 8.77. The monoisotopic (exact) mass is 159 g/mol. The van der Waals surface area contributed by atoms with E-state index in [1.165, 1.54) is 0 Å². The van der Waals surface area contributed by atoms with Crippen LogP contribution in [0.2, 0.25) is 0 Å². The Balaban J connectivity index is 4.56. The van der Waals surface area contributed by atoms with Gasteiger partial charge in [-0.2, -0.15) is 17.2 Å². The minimum Gasteiger partial charge on any atom is -0.190 e. The van der Waals surface area contributed by atoms with Gasteiger partial charge in [0.25, 0.3) is 0 Å². The molecule has 1 radical (unpaired) electrons. The third-order valence-electron chi connectivity index (χ3n) is 0.777. The van der Waals surface area contributed by atoms with Crippen molar-refractivity contribution in [2.24, 2.45) is 0 Å². The number of halogens is 2. The van der Waals surface area contributed by atoms with Gasteiger partial charge in [-0.1, -0.05) is 11.5 Å². The van der Waals surface area contributed by atoms with Gasteiger partial charge in [-0.3, -0.25) is 0 Å². The van der Waals surface area contributed by atoms with Crippen LogP contribution < -0.4 is 0 Å². The summed E-state index contributed by atoms with van der Waals surface area (Å²) in [5.41, 5.74) is 0. The lowest BCUT2D eigenvalue weighted by Gasteiger charge is -2.06. The van der Waals surface area contributed by atoms with Crippen molar-refractivity contribution in [3.63, 3.8) is 0 Å². The largest absolute Gasteiger partial charge is 0.372 e. The second kappa shape index (κ2) is 2.18. The fourth-order valence-electron chi connectivity index (χ4n) is 0.177. The minimum absolute atomic E-state index is 0.926. The van der Waals surface area contributed by atoms with Crippen LogP contribution in [0.25, 0.3) is 0 Å². The van der Waals surface area contributed by atoms with Crippen LogP contribution in [-0.2, 0) is 14.7 Å². The van der Waals surface area contributed by atoms with E-state index in [-0.39, 0.29) is 0 Å². The maximum absolute atomic E-state index is 11.8. The lowest BCUT2D eigenvalue weighted by Crippen LogP contribution is -2.25. The van der Waals surface area contributed by atoms with E-state index < -0.39 is 21.8 Å². The van der Waals surface area contributed by atoms with Gasteiger partial charge in [-0.15, -0.1) is 0 Å². The van der Waals surface area contributed by atoms with E-state index in [0.29, 0.717) is 0 Å². The van der Waals surface area contributed by atoms with E-state index in [0.717, 1.165) is 6.92 Å². The topological polar surface area (TPSA) is 54.0 Å². The van der Waals surface area contributed by atoms with Crippen molar-refractivity contribution in [3.05, 3.63) is 0 Å². The average Bonchev–Trinajstić information content (AvgIpc) is 1.64. The van der Waals surface area contributed by atoms with E-state index >= 15 is 0 Å². The molecule has 0 atom stereocenters. The van der Waals surface area contributed by atoms with Crippen molar-refractivity contribution in [2.75, 3.05) is 0 Å². The quantitative estimate of drug-likeness (QED) is 0.596. The Hall–Kier alpha value is -0.230. The van der Waals surface area contributed by atoms with Gasteiger partial charge in [-0.25, -0.2) is 0 Å². The van der Waals surface area contributed by atoms with Crippen LogP contribution in [0.5, 0.6) is 0 Å². The molecule has 0 amide bonds. The molecule has 0 aliphatic rings. The molecule has 0 aliphatic carbocycles. The standard InChI is InChI=1S/C3H5F2O3S/c1-2-3(4,5)9(6,7)8/h2H2,1H3. The van der Waals surface area contributed by atoms with E-state index in [4.69, 9.17) is 0 Å². The Labute approximate surface area is 51.4 Å². The zero-order valence-electron chi connectivity index (χ0n) is 4.60. The van der Waals surface area contributed by atoms with E-state index in [1.54, 1.807) is 0 Å². The summed E-state index contributed by atoms with van der Waals surface area (Å²) in [4.78, 5) is 0. The Kier molecular flexibility index (Phi) is 2.13. The highest BCUT2D eigenvalue weighted by molar-refractivity contribution is 7.86. The molecule has 0 spiro atoms. The van der Waals surface area contributed by atoms with Gasteiger partial charge in [0.1, 0.15) is 0 Å². The fourth-order valence-corrected chi connectivity index (χ4v) is 0.530. The second-order valence-electron chi connectivity index (χ2n) is 1.45. The molecular weight excluding hydrogens is 154 g/mol. The van der Waals surface area contributed by atoms with Crippen LogP contribution in [0.3, 0.4) is 0 Å². The van der Waals surface area contributed by atoms with Gasteiger partial charge in [0.2, 0.25) is 0 Å². The van der Waals surface area contributed by atoms with Crippen molar-refractivity contribution in [1.29, 1.82) is 0 Å². The molecule has 55 valence electrons. The van der Waals surface area contributed by atoms with E-state index in [9.17, 15) is 21.8 Å². The van der Waals surface area contributed by atoms with E-state index in [1.807, 2.05) is 0 Å². The molecule has 0 heterocycles. The molecule has 9 heavy (non-hydrogen) atoms. The minimum atomic E-state index is -5.44. The summed E-state index contributed by atoms with van der Waals surface area (Å²) in [6, 6.07) is 0. The third kappa shape index (κ3) is 1.87. The van der Waals surface area contributed by atoms with Crippen molar-refractivity contribution in [3.8, 4) is 0 Å². The summed E-state index contributed by atoms with van der Waals surface area (Å²) in [5.74, 6) is 0. The zero-order chi connectivity index (χ0) is 7.71. The molecule has 0 saturated carbocycles. The Morgan fingerprint density at radius 3 is 1.78 bits per heavy atom. The molecule has 0 saturated heterocycles. The van der Waals surface area contributed by atoms with Gasteiger partial charge >= 0.3 is 15.4 Å². The lowest BCUT2D eigenvalue weighted by atomic mass is 10.5. The SMILES string of the molecule is CCC(F)(F)S([O])(=O)=O. The van der Waals surface area contributed by atoms with Crippen LogP contribution in [0.4, 0.5) is 8.78 Å². The molecule has 0 aromatic rings. The van der Waals surface area contributed by atoms with Crippen LogP contribution in [0, 0.1) is 0 Å². The second-order valence-corrected chi connectivity index (χ2v) is 2.95. The Bertz CT molecular complexity index is 183. The molecule has 0 fully saturated rings. The number of alkyl halides is 2. The first-order chi connectivity index (χ1) is 3.81. The summed E-state index contributed by atoms with van der Waals surface area (Å²) in [5, 5.41) is -4.10. The zero-order valence-corrected chi connectivity index (χ0v) is 5.41. The number of rotatable bonds is 2. The summed E-state index contributed by atoms with van der Waals surface area (Å²) >= 11 is 0.